The number of carboxylic acids is 1. The van der Waals surface area contributed by atoms with E-state index in [2.05, 4.69) is 17.0 Å². The van der Waals surface area contributed by atoms with Gasteiger partial charge in [-0.1, -0.05) is 64.3 Å². The Balaban J connectivity index is 1.58. The number of sulfonamides is 1. The number of nitrogens with zero attached hydrogens (tertiary/aromatic N) is 1. The van der Waals surface area contributed by atoms with E-state index in [1.54, 1.807) is 35.2 Å². The molecule has 0 saturated carbocycles. The molecule has 0 atom stereocenters. The Bertz CT molecular complexity index is 1450. The van der Waals surface area contributed by atoms with Crippen molar-refractivity contribution in [2.24, 2.45) is 5.92 Å². The number of ether oxygens (including phenoxy) is 1. The zero-order valence-corrected chi connectivity index (χ0v) is 25.8. The van der Waals surface area contributed by atoms with Gasteiger partial charge >= 0.3 is 5.97 Å². The summed E-state index contributed by atoms with van der Waals surface area (Å²) in [5, 5.41) is 12.4. The molecule has 0 unspecified atom stereocenters. The molecule has 11 heteroatoms. The number of allylic oxidation sites excluding steroid dienone is 2. The van der Waals surface area contributed by atoms with Crippen molar-refractivity contribution in [3.63, 3.8) is 0 Å². The van der Waals surface area contributed by atoms with Crippen LogP contribution in [0, 0.1) is 5.92 Å². The third kappa shape index (κ3) is 9.44. The van der Waals surface area contributed by atoms with Gasteiger partial charge in [-0.3, -0.25) is 9.59 Å². The Morgan fingerprint density at radius 3 is 2.33 bits per heavy atom. The van der Waals surface area contributed by atoms with Gasteiger partial charge in [0, 0.05) is 25.2 Å². The molecular weight excluding hydrogens is 570 g/mol. The van der Waals surface area contributed by atoms with Crippen LogP contribution >= 0.6 is 0 Å². The van der Waals surface area contributed by atoms with Gasteiger partial charge in [-0.2, -0.15) is 0 Å². The number of hydrogen-bond donors (Lipinski definition) is 3. The maximum atomic E-state index is 13.0. The van der Waals surface area contributed by atoms with Crippen LogP contribution in [0.15, 0.2) is 76.8 Å². The maximum absolute atomic E-state index is 13.0. The van der Waals surface area contributed by atoms with Crippen LogP contribution < -0.4 is 14.8 Å². The van der Waals surface area contributed by atoms with Crippen LogP contribution in [0.3, 0.4) is 0 Å². The van der Waals surface area contributed by atoms with Crippen molar-refractivity contribution in [1.82, 2.24) is 14.9 Å². The number of amides is 2. The van der Waals surface area contributed by atoms with Crippen LogP contribution in [0.5, 0.6) is 5.75 Å². The summed E-state index contributed by atoms with van der Waals surface area (Å²) in [4.78, 5) is 38.8. The molecule has 3 rings (SSSR count). The number of nitrogens with one attached hydrogen (secondary N) is 2. The van der Waals surface area contributed by atoms with E-state index in [0.717, 1.165) is 31.2 Å². The zero-order valence-electron chi connectivity index (χ0n) is 25.0. The van der Waals surface area contributed by atoms with Crippen molar-refractivity contribution in [2.75, 3.05) is 26.2 Å². The number of rotatable bonds is 16. The topological polar surface area (TPSA) is 142 Å². The van der Waals surface area contributed by atoms with E-state index in [4.69, 9.17) is 4.74 Å². The Morgan fingerprint density at radius 1 is 0.977 bits per heavy atom. The molecule has 0 saturated heterocycles. The number of para-hydroxylation sites is 1. The summed E-state index contributed by atoms with van der Waals surface area (Å²) >= 11 is 0. The number of unbranched alkanes of at least 4 members (excludes halogenated alkanes) is 1. The molecule has 0 aromatic heterocycles. The summed E-state index contributed by atoms with van der Waals surface area (Å²) < 4.78 is 33.8. The van der Waals surface area contributed by atoms with E-state index in [9.17, 15) is 27.9 Å². The zero-order chi connectivity index (χ0) is 31.4. The third-order valence-electron chi connectivity index (χ3n) is 7.34. The highest BCUT2D eigenvalue weighted by Crippen LogP contribution is 2.21. The minimum Gasteiger partial charge on any atom is -0.493 e. The van der Waals surface area contributed by atoms with Gasteiger partial charge in [0.25, 0.3) is 21.8 Å². The lowest BCUT2D eigenvalue weighted by molar-refractivity contribution is -0.134. The quantitative estimate of drug-likeness (QED) is 0.239. The molecule has 0 fully saturated rings. The number of carbonyl (C=O) groups is 3. The molecular formula is C32H41N3O7S. The molecule has 0 bridgehead atoms. The van der Waals surface area contributed by atoms with Crippen molar-refractivity contribution in [2.45, 2.75) is 57.8 Å². The molecule has 43 heavy (non-hydrogen) atoms. The maximum Gasteiger partial charge on any atom is 0.352 e. The standard InChI is InChI=1S/C32H41N3O7S/c1-4-7-20-42-29-11-9-8-10-27(29)31(37)33-19-18-24-12-15-26(16-13-24)43(40,41)34-30(36)25-14-17-28(32(38)39)35(22-25)21-23(5-2)6-3/h8-17,23H,4-7,18-22H2,1-3H3,(H,33,37)(H,34,36)(H,38,39). The molecule has 10 nitrogen and oxygen atoms in total. The van der Waals surface area contributed by atoms with E-state index in [1.165, 1.54) is 24.3 Å². The highest BCUT2D eigenvalue weighted by molar-refractivity contribution is 7.90. The second-order valence-corrected chi connectivity index (χ2v) is 12.1. The fourth-order valence-corrected chi connectivity index (χ4v) is 5.60. The second-order valence-electron chi connectivity index (χ2n) is 10.4. The number of carboxylic acid groups (broad SMARTS) is 1. The molecule has 2 aromatic rings. The van der Waals surface area contributed by atoms with Crippen LogP contribution in [0.2, 0.25) is 0 Å². The van der Waals surface area contributed by atoms with Crippen LogP contribution in [-0.2, 0) is 26.0 Å². The minimum absolute atomic E-state index is 0.00398. The predicted molar refractivity (Wildman–Crippen MR) is 164 cm³/mol. The van der Waals surface area contributed by atoms with Crippen molar-refractivity contribution in [3.8, 4) is 5.75 Å². The van der Waals surface area contributed by atoms with Crippen LogP contribution in [-0.4, -0.2) is 62.4 Å². The van der Waals surface area contributed by atoms with Crippen molar-refractivity contribution >= 4 is 27.8 Å². The highest BCUT2D eigenvalue weighted by Gasteiger charge is 2.27. The van der Waals surface area contributed by atoms with Gasteiger partial charge in [-0.25, -0.2) is 17.9 Å². The molecule has 1 heterocycles. The summed E-state index contributed by atoms with van der Waals surface area (Å²) in [6.07, 6.45) is 6.74. The Labute approximate surface area is 253 Å². The van der Waals surface area contributed by atoms with E-state index in [0.29, 0.717) is 37.4 Å². The monoisotopic (exact) mass is 611 g/mol. The summed E-state index contributed by atoms with van der Waals surface area (Å²) in [6.45, 7) is 7.41. The summed E-state index contributed by atoms with van der Waals surface area (Å²) in [5.41, 5.74) is 1.49. The SMILES string of the molecule is CCCCOc1ccccc1C(=O)NCCc1ccc(S(=O)(=O)NC(=O)C2=CC=C(C(=O)O)N(CC(CC)CC)C2)cc1. The Kier molecular flexibility index (Phi) is 12.4. The second kappa shape index (κ2) is 15.9. The molecule has 2 aromatic carbocycles. The van der Waals surface area contributed by atoms with E-state index >= 15 is 0 Å². The van der Waals surface area contributed by atoms with Crippen molar-refractivity contribution in [3.05, 3.63) is 83.1 Å². The fourth-order valence-electron chi connectivity index (χ4n) is 4.61. The highest BCUT2D eigenvalue weighted by atomic mass is 32.2. The molecule has 0 radical (unpaired) electrons. The lowest BCUT2D eigenvalue weighted by atomic mass is 10.0. The minimum atomic E-state index is -4.17. The van der Waals surface area contributed by atoms with Gasteiger partial charge in [-0.15, -0.1) is 0 Å². The summed E-state index contributed by atoms with van der Waals surface area (Å²) in [5.74, 6) is -1.39. The number of aliphatic carboxylic acids is 1. The van der Waals surface area contributed by atoms with Crippen LogP contribution in [0.25, 0.3) is 0 Å². The molecule has 3 N–H and O–H groups in total. The van der Waals surface area contributed by atoms with Crippen LogP contribution in [0.1, 0.15) is 62.4 Å². The average Bonchev–Trinajstić information content (AvgIpc) is 3.00. The number of hydrogen-bond acceptors (Lipinski definition) is 7. The smallest absolute Gasteiger partial charge is 0.352 e. The van der Waals surface area contributed by atoms with Gasteiger partial charge in [-0.05, 0) is 60.7 Å². The Hall–Kier alpha value is -4.12. The van der Waals surface area contributed by atoms with E-state index in [-0.39, 0.29) is 34.5 Å². The first-order chi connectivity index (χ1) is 20.6. The largest absolute Gasteiger partial charge is 0.493 e. The molecule has 1 aliphatic heterocycles. The number of benzene rings is 2. The van der Waals surface area contributed by atoms with Gasteiger partial charge < -0.3 is 20.1 Å². The fraction of sp³-hybridized carbons (Fsp3) is 0.406. The first-order valence-electron chi connectivity index (χ1n) is 14.6. The van der Waals surface area contributed by atoms with E-state index in [1.807, 2.05) is 19.9 Å². The summed E-state index contributed by atoms with van der Waals surface area (Å²) in [7, 11) is -4.17. The molecule has 1 aliphatic rings. The third-order valence-corrected chi connectivity index (χ3v) is 8.68. The lowest BCUT2D eigenvalue weighted by Crippen LogP contribution is -2.40. The molecule has 2 amide bonds. The van der Waals surface area contributed by atoms with Crippen LogP contribution in [0.4, 0.5) is 0 Å². The van der Waals surface area contributed by atoms with E-state index < -0.39 is 21.9 Å². The molecule has 232 valence electrons. The van der Waals surface area contributed by atoms with Crippen molar-refractivity contribution in [1.29, 1.82) is 0 Å². The average molecular weight is 612 g/mol. The first-order valence-corrected chi connectivity index (χ1v) is 16.1. The molecule has 0 spiro atoms. The Morgan fingerprint density at radius 2 is 1.67 bits per heavy atom. The van der Waals surface area contributed by atoms with Gasteiger partial charge in [0.2, 0.25) is 0 Å². The number of carbonyl (C=O) groups excluding carboxylic acids is 2. The van der Waals surface area contributed by atoms with Gasteiger partial charge in [0.15, 0.2) is 0 Å². The van der Waals surface area contributed by atoms with Gasteiger partial charge in [0.1, 0.15) is 11.4 Å². The lowest BCUT2D eigenvalue weighted by Gasteiger charge is -2.31. The predicted octanol–water partition coefficient (Wildman–Crippen LogP) is 4.29. The molecule has 0 aliphatic carbocycles. The van der Waals surface area contributed by atoms with Crippen molar-refractivity contribution < 1.29 is 32.6 Å². The summed E-state index contributed by atoms with van der Waals surface area (Å²) in [6, 6.07) is 13.1. The van der Waals surface area contributed by atoms with Gasteiger partial charge in [0.05, 0.1) is 17.1 Å². The first kappa shape index (κ1) is 33.4. The normalized spacial score (nSPS) is 13.3.